The molecule has 2 aliphatic carbocycles. The molecule has 4 heteroatoms. The first-order valence-corrected chi connectivity index (χ1v) is 11.8. The number of piperidine rings is 1. The quantitative estimate of drug-likeness (QED) is 0.701. The molecule has 2 saturated carbocycles. The summed E-state index contributed by atoms with van der Waals surface area (Å²) in [7, 11) is 0. The zero-order valence-corrected chi connectivity index (χ0v) is 18.0. The Morgan fingerprint density at radius 3 is 2.31 bits per heavy atom. The summed E-state index contributed by atoms with van der Waals surface area (Å²) in [5, 5.41) is 3.40. The van der Waals surface area contributed by atoms with Crippen molar-refractivity contribution >= 4 is 0 Å². The van der Waals surface area contributed by atoms with Crippen LogP contribution in [0.3, 0.4) is 0 Å². The van der Waals surface area contributed by atoms with Crippen LogP contribution in [0.25, 0.3) is 0 Å². The van der Waals surface area contributed by atoms with E-state index in [0.29, 0.717) is 12.4 Å². The highest BCUT2D eigenvalue weighted by Gasteiger charge is 2.31. The minimum Gasteiger partial charge on any atom is -0.491 e. The summed E-state index contributed by atoms with van der Waals surface area (Å²) in [5.41, 5.74) is 4.08. The number of ether oxygens (including phenoxy) is 1. The average molecular weight is 401 g/mol. The molecule has 3 nitrogen and oxygen atoms in total. The van der Waals surface area contributed by atoms with Crippen molar-refractivity contribution in [2.24, 2.45) is 11.8 Å². The van der Waals surface area contributed by atoms with E-state index in [4.69, 9.17) is 4.74 Å². The lowest BCUT2D eigenvalue weighted by atomic mass is 9.87. The Balaban J connectivity index is 0.000000188. The third-order valence-electron chi connectivity index (χ3n) is 6.94. The van der Waals surface area contributed by atoms with Crippen molar-refractivity contribution in [3.63, 3.8) is 0 Å². The zero-order chi connectivity index (χ0) is 20.1. The topological polar surface area (TPSA) is 24.5 Å². The zero-order valence-electron chi connectivity index (χ0n) is 18.0. The molecular formula is C25H37FN2O. The van der Waals surface area contributed by atoms with Gasteiger partial charge in [0.2, 0.25) is 0 Å². The minimum atomic E-state index is -0.245. The number of hydrogen-bond donors (Lipinski definition) is 1. The lowest BCUT2D eigenvalue weighted by Crippen LogP contribution is -2.38. The highest BCUT2D eigenvalue weighted by molar-refractivity contribution is 5.33. The summed E-state index contributed by atoms with van der Waals surface area (Å²) in [4.78, 5) is 2.46. The van der Waals surface area contributed by atoms with E-state index < -0.39 is 0 Å². The number of benzene rings is 1. The van der Waals surface area contributed by atoms with E-state index in [1.807, 2.05) is 13.0 Å². The van der Waals surface area contributed by atoms with E-state index >= 15 is 0 Å². The third kappa shape index (κ3) is 5.53. The van der Waals surface area contributed by atoms with E-state index in [1.54, 1.807) is 17.7 Å². The van der Waals surface area contributed by atoms with Crippen molar-refractivity contribution in [1.82, 2.24) is 10.2 Å². The van der Waals surface area contributed by atoms with E-state index in [2.05, 4.69) is 10.2 Å². The molecule has 2 heterocycles. The molecule has 4 fully saturated rings. The van der Waals surface area contributed by atoms with E-state index in [-0.39, 0.29) is 5.82 Å². The monoisotopic (exact) mass is 400 g/mol. The van der Waals surface area contributed by atoms with Crippen LogP contribution >= 0.6 is 0 Å². The van der Waals surface area contributed by atoms with Crippen LogP contribution in [-0.4, -0.2) is 37.7 Å². The second-order valence-corrected chi connectivity index (χ2v) is 9.04. The number of rotatable bonds is 6. The molecule has 4 aliphatic rings. The molecule has 0 radical (unpaired) electrons. The molecule has 1 aromatic rings. The van der Waals surface area contributed by atoms with Gasteiger partial charge in [-0.15, -0.1) is 0 Å². The van der Waals surface area contributed by atoms with Crippen molar-refractivity contribution in [1.29, 1.82) is 0 Å². The average Bonchev–Trinajstić information content (AvgIpc) is 3.48. The predicted octanol–water partition coefficient (Wildman–Crippen LogP) is 5.31. The summed E-state index contributed by atoms with van der Waals surface area (Å²) in [6.45, 7) is 7.26. The Labute approximate surface area is 175 Å². The van der Waals surface area contributed by atoms with Crippen LogP contribution in [0.5, 0.6) is 5.75 Å². The van der Waals surface area contributed by atoms with Gasteiger partial charge in [-0.05, 0) is 101 Å². The van der Waals surface area contributed by atoms with Crippen LogP contribution in [0.2, 0.25) is 0 Å². The molecule has 1 N–H and O–H groups in total. The molecular weight excluding hydrogens is 363 g/mol. The van der Waals surface area contributed by atoms with E-state index in [9.17, 15) is 4.39 Å². The molecule has 0 spiro atoms. The molecule has 1 aromatic carbocycles. The summed E-state index contributed by atoms with van der Waals surface area (Å²) in [6.07, 6.45) is 11.9. The number of hydrogen-bond acceptors (Lipinski definition) is 3. The van der Waals surface area contributed by atoms with Gasteiger partial charge < -0.3 is 15.0 Å². The van der Waals surface area contributed by atoms with Crippen LogP contribution < -0.4 is 10.1 Å². The Morgan fingerprint density at radius 2 is 1.79 bits per heavy atom. The summed E-state index contributed by atoms with van der Waals surface area (Å²) in [6, 6.07) is 5.38. The van der Waals surface area contributed by atoms with Crippen molar-refractivity contribution in [3.05, 3.63) is 40.8 Å². The minimum absolute atomic E-state index is 0.245. The fraction of sp³-hybridized carbons (Fsp3) is 0.680. The molecule has 0 atom stereocenters. The van der Waals surface area contributed by atoms with Gasteiger partial charge in [0.25, 0.3) is 0 Å². The smallest absolute Gasteiger partial charge is 0.165 e. The maximum atomic E-state index is 13.9. The van der Waals surface area contributed by atoms with Gasteiger partial charge in [-0.2, -0.15) is 0 Å². The highest BCUT2D eigenvalue weighted by atomic mass is 19.1. The molecule has 160 valence electrons. The Morgan fingerprint density at radius 1 is 1.07 bits per heavy atom. The Hall–Kier alpha value is -1.55. The Bertz CT molecular complexity index is 697. The second kappa shape index (κ2) is 9.97. The largest absolute Gasteiger partial charge is 0.491 e. The van der Waals surface area contributed by atoms with Gasteiger partial charge in [0.05, 0.1) is 6.61 Å². The normalized spacial score (nSPS) is 21.6. The Kier molecular flexibility index (Phi) is 7.12. The van der Waals surface area contributed by atoms with Gasteiger partial charge in [0.15, 0.2) is 11.6 Å². The van der Waals surface area contributed by atoms with Crippen molar-refractivity contribution in [2.45, 2.75) is 64.7 Å². The molecule has 0 aromatic heterocycles. The van der Waals surface area contributed by atoms with Crippen LogP contribution in [0.4, 0.5) is 4.39 Å². The standard InChI is InChI=1S/C17H22FNO.C8H15N/c1-2-20-17-8-7-13(11-15(17)18)12-16(14-5-3-6-14)19-9-4-10-19;1-2-7(1)8-3-5-9-6-4-8/h7-8,11H,2-6,9-10,12H2,1H3;7-9H,1-6H2. The van der Waals surface area contributed by atoms with Crippen molar-refractivity contribution in [3.8, 4) is 5.75 Å². The molecule has 2 aliphatic heterocycles. The number of likely N-dealkylation sites (tertiary alicyclic amines) is 1. The fourth-order valence-corrected chi connectivity index (χ4v) is 4.69. The predicted molar refractivity (Wildman–Crippen MR) is 117 cm³/mol. The lowest BCUT2D eigenvalue weighted by Gasteiger charge is -2.39. The van der Waals surface area contributed by atoms with Crippen LogP contribution in [0.15, 0.2) is 29.5 Å². The van der Waals surface area contributed by atoms with Crippen LogP contribution in [0, 0.1) is 17.7 Å². The molecule has 0 bridgehead atoms. The van der Waals surface area contributed by atoms with Crippen LogP contribution in [0.1, 0.15) is 63.9 Å². The number of allylic oxidation sites excluding steroid dienone is 2. The first-order chi connectivity index (χ1) is 14.2. The third-order valence-corrected chi connectivity index (χ3v) is 6.94. The first kappa shape index (κ1) is 20.7. The molecule has 0 amide bonds. The summed E-state index contributed by atoms with van der Waals surface area (Å²) >= 11 is 0. The first-order valence-electron chi connectivity index (χ1n) is 11.8. The maximum Gasteiger partial charge on any atom is 0.165 e. The van der Waals surface area contributed by atoms with E-state index in [1.165, 1.54) is 83.2 Å². The fourth-order valence-electron chi connectivity index (χ4n) is 4.69. The summed E-state index contributed by atoms with van der Waals surface area (Å²) < 4.78 is 19.2. The van der Waals surface area contributed by atoms with Crippen molar-refractivity contribution in [2.75, 3.05) is 32.8 Å². The summed E-state index contributed by atoms with van der Waals surface area (Å²) in [5.74, 6) is 2.36. The van der Waals surface area contributed by atoms with Gasteiger partial charge >= 0.3 is 0 Å². The van der Waals surface area contributed by atoms with E-state index in [0.717, 1.165) is 23.8 Å². The van der Waals surface area contributed by atoms with Gasteiger partial charge in [-0.3, -0.25) is 0 Å². The number of halogens is 1. The molecule has 0 unspecified atom stereocenters. The van der Waals surface area contributed by atoms with Crippen LogP contribution in [-0.2, 0) is 6.42 Å². The van der Waals surface area contributed by atoms with Gasteiger partial charge in [-0.25, -0.2) is 4.39 Å². The maximum absolute atomic E-state index is 13.9. The van der Waals surface area contributed by atoms with Gasteiger partial charge in [-0.1, -0.05) is 11.6 Å². The lowest BCUT2D eigenvalue weighted by molar-refractivity contribution is 0.227. The van der Waals surface area contributed by atoms with Gasteiger partial charge in [0.1, 0.15) is 0 Å². The number of nitrogens with zero attached hydrogens (tertiary/aromatic N) is 1. The second-order valence-electron chi connectivity index (χ2n) is 9.04. The molecule has 2 saturated heterocycles. The SMILES string of the molecule is C1CC(C2CC2)CCN1.CCOc1ccc(CC(=C2CCC2)N2CCC2)cc1F. The van der Waals surface area contributed by atoms with Crippen molar-refractivity contribution < 1.29 is 9.13 Å². The van der Waals surface area contributed by atoms with Gasteiger partial charge in [0, 0.05) is 25.2 Å². The highest BCUT2D eigenvalue weighted by Crippen LogP contribution is 2.40. The molecule has 5 rings (SSSR count). The number of nitrogens with one attached hydrogen (secondary N) is 1. The molecule has 29 heavy (non-hydrogen) atoms.